The first-order valence-corrected chi connectivity index (χ1v) is 6.37. The Morgan fingerprint density at radius 2 is 1.80 bits per heavy atom. The van der Waals surface area contributed by atoms with E-state index >= 15 is 0 Å². The molecule has 0 spiro atoms. The fourth-order valence-corrected chi connectivity index (χ4v) is 2.13. The lowest BCUT2D eigenvalue weighted by molar-refractivity contribution is 0.469. The van der Waals surface area contributed by atoms with Crippen LogP contribution in [0.25, 0.3) is 10.8 Å². The highest BCUT2D eigenvalue weighted by molar-refractivity contribution is 5.96. The van der Waals surface area contributed by atoms with Crippen molar-refractivity contribution >= 4 is 22.1 Å². The minimum absolute atomic E-state index is 0.587. The SMILES string of the molecule is CNc1cccc2c(Oc3ccc(N)cc3)nccc12. The summed E-state index contributed by atoms with van der Waals surface area (Å²) >= 11 is 0. The monoisotopic (exact) mass is 265 g/mol. The fourth-order valence-electron chi connectivity index (χ4n) is 2.13. The zero-order valence-corrected chi connectivity index (χ0v) is 11.1. The minimum Gasteiger partial charge on any atom is -0.438 e. The number of benzene rings is 2. The summed E-state index contributed by atoms with van der Waals surface area (Å²) in [5.41, 5.74) is 7.43. The zero-order valence-electron chi connectivity index (χ0n) is 11.1. The van der Waals surface area contributed by atoms with Gasteiger partial charge in [-0.2, -0.15) is 0 Å². The number of hydrogen-bond donors (Lipinski definition) is 2. The Morgan fingerprint density at radius 3 is 2.55 bits per heavy atom. The van der Waals surface area contributed by atoms with Gasteiger partial charge in [-0.25, -0.2) is 4.98 Å². The summed E-state index contributed by atoms with van der Waals surface area (Å²) in [6.45, 7) is 0. The maximum absolute atomic E-state index is 5.85. The molecule has 0 radical (unpaired) electrons. The molecule has 0 unspecified atom stereocenters. The van der Waals surface area contributed by atoms with E-state index in [9.17, 15) is 0 Å². The molecule has 0 saturated heterocycles. The van der Waals surface area contributed by atoms with Gasteiger partial charge >= 0.3 is 0 Å². The molecule has 20 heavy (non-hydrogen) atoms. The Bertz CT molecular complexity index is 738. The maximum atomic E-state index is 5.85. The highest BCUT2D eigenvalue weighted by atomic mass is 16.5. The molecule has 1 aromatic heterocycles. The van der Waals surface area contributed by atoms with Gasteiger partial charge in [-0.15, -0.1) is 0 Å². The van der Waals surface area contributed by atoms with E-state index in [0.717, 1.165) is 16.5 Å². The lowest BCUT2D eigenvalue weighted by Gasteiger charge is -2.10. The number of hydrogen-bond acceptors (Lipinski definition) is 4. The van der Waals surface area contributed by atoms with Crippen molar-refractivity contribution in [2.45, 2.75) is 0 Å². The smallest absolute Gasteiger partial charge is 0.227 e. The normalized spacial score (nSPS) is 10.4. The first-order chi connectivity index (χ1) is 9.78. The summed E-state index contributed by atoms with van der Waals surface area (Å²) in [5, 5.41) is 5.22. The average molecular weight is 265 g/mol. The van der Waals surface area contributed by atoms with Crippen molar-refractivity contribution in [3.63, 3.8) is 0 Å². The number of aromatic nitrogens is 1. The highest BCUT2D eigenvalue weighted by Crippen LogP contribution is 2.31. The Labute approximate surface area is 117 Å². The second kappa shape index (κ2) is 5.09. The molecule has 3 rings (SSSR count). The largest absolute Gasteiger partial charge is 0.438 e. The van der Waals surface area contributed by atoms with Gasteiger partial charge in [0.05, 0.1) is 0 Å². The van der Waals surface area contributed by atoms with Crippen LogP contribution in [0.15, 0.2) is 54.7 Å². The van der Waals surface area contributed by atoms with Gasteiger partial charge in [-0.3, -0.25) is 0 Å². The van der Waals surface area contributed by atoms with E-state index in [2.05, 4.69) is 10.3 Å². The second-order valence-electron chi connectivity index (χ2n) is 4.44. The third-order valence-electron chi connectivity index (χ3n) is 3.13. The van der Waals surface area contributed by atoms with Crippen molar-refractivity contribution in [3.8, 4) is 11.6 Å². The Balaban J connectivity index is 2.05. The highest BCUT2D eigenvalue weighted by Gasteiger charge is 2.07. The molecular formula is C16H15N3O. The topological polar surface area (TPSA) is 60.2 Å². The zero-order chi connectivity index (χ0) is 13.9. The average Bonchev–Trinajstić information content (AvgIpc) is 2.49. The molecule has 1 heterocycles. The van der Waals surface area contributed by atoms with Gasteiger partial charge in [0.1, 0.15) is 5.75 Å². The van der Waals surface area contributed by atoms with Crippen LogP contribution in [0.3, 0.4) is 0 Å². The standard InChI is InChI=1S/C16H15N3O/c1-18-15-4-2-3-14-13(15)9-10-19-16(14)20-12-7-5-11(17)6-8-12/h2-10,18H,17H2,1H3. The van der Waals surface area contributed by atoms with Crippen molar-refractivity contribution < 1.29 is 4.74 Å². The van der Waals surface area contributed by atoms with E-state index in [-0.39, 0.29) is 0 Å². The number of fused-ring (bicyclic) bond motifs is 1. The number of nitrogens with one attached hydrogen (secondary N) is 1. The first-order valence-electron chi connectivity index (χ1n) is 6.37. The summed E-state index contributed by atoms with van der Waals surface area (Å²) in [6, 6.07) is 15.2. The van der Waals surface area contributed by atoms with E-state index in [1.807, 2.05) is 43.4 Å². The molecule has 3 aromatic rings. The van der Waals surface area contributed by atoms with Crippen LogP contribution < -0.4 is 15.8 Å². The number of anilines is 2. The number of rotatable bonds is 3. The third kappa shape index (κ3) is 2.23. The third-order valence-corrected chi connectivity index (χ3v) is 3.13. The quantitative estimate of drug-likeness (QED) is 0.710. The summed E-state index contributed by atoms with van der Waals surface area (Å²) in [6.07, 6.45) is 1.75. The van der Waals surface area contributed by atoms with Crippen molar-refractivity contribution in [3.05, 3.63) is 54.7 Å². The van der Waals surface area contributed by atoms with Gasteiger partial charge < -0.3 is 15.8 Å². The van der Waals surface area contributed by atoms with E-state index in [4.69, 9.17) is 10.5 Å². The molecule has 2 aromatic carbocycles. The van der Waals surface area contributed by atoms with Crippen LogP contribution in [0.4, 0.5) is 11.4 Å². The number of nitrogen functional groups attached to an aromatic ring is 1. The summed E-state index contributed by atoms with van der Waals surface area (Å²) < 4.78 is 5.85. The van der Waals surface area contributed by atoms with Gasteiger partial charge in [0.15, 0.2) is 0 Å². The molecule has 4 heteroatoms. The molecule has 0 aliphatic carbocycles. The van der Waals surface area contributed by atoms with E-state index in [1.165, 1.54) is 0 Å². The van der Waals surface area contributed by atoms with Crippen molar-refractivity contribution in [1.29, 1.82) is 0 Å². The first kappa shape index (κ1) is 12.3. The number of nitrogens with two attached hydrogens (primary N) is 1. The molecule has 0 saturated carbocycles. The van der Waals surface area contributed by atoms with Crippen LogP contribution in [0.5, 0.6) is 11.6 Å². The van der Waals surface area contributed by atoms with Crippen LogP contribution >= 0.6 is 0 Å². The second-order valence-corrected chi connectivity index (χ2v) is 4.44. The number of pyridine rings is 1. The van der Waals surface area contributed by atoms with Gasteiger partial charge in [0.25, 0.3) is 0 Å². The Kier molecular flexibility index (Phi) is 3.13. The van der Waals surface area contributed by atoms with Gasteiger partial charge in [-0.05, 0) is 42.5 Å². The lowest BCUT2D eigenvalue weighted by atomic mass is 10.1. The molecule has 0 aliphatic heterocycles. The van der Waals surface area contributed by atoms with Crippen LogP contribution in [0.2, 0.25) is 0 Å². The molecule has 100 valence electrons. The van der Waals surface area contributed by atoms with E-state index < -0.39 is 0 Å². The number of nitrogens with zero attached hydrogens (tertiary/aromatic N) is 1. The van der Waals surface area contributed by atoms with E-state index in [1.54, 1.807) is 18.3 Å². The summed E-state index contributed by atoms with van der Waals surface area (Å²) in [7, 11) is 1.90. The molecule has 4 nitrogen and oxygen atoms in total. The van der Waals surface area contributed by atoms with Crippen LogP contribution in [0.1, 0.15) is 0 Å². The van der Waals surface area contributed by atoms with Crippen LogP contribution in [0, 0.1) is 0 Å². The summed E-state index contributed by atoms with van der Waals surface area (Å²) in [4.78, 5) is 4.32. The van der Waals surface area contributed by atoms with Gasteiger partial charge in [-0.1, -0.05) is 6.07 Å². The Hall–Kier alpha value is -2.75. The van der Waals surface area contributed by atoms with Gasteiger partial charge in [0.2, 0.25) is 5.88 Å². The molecule has 0 fully saturated rings. The fraction of sp³-hybridized carbons (Fsp3) is 0.0625. The predicted octanol–water partition coefficient (Wildman–Crippen LogP) is 3.65. The molecular weight excluding hydrogens is 250 g/mol. The van der Waals surface area contributed by atoms with E-state index in [0.29, 0.717) is 17.3 Å². The predicted molar refractivity (Wildman–Crippen MR) is 82.2 cm³/mol. The Morgan fingerprint density at radius 1 is 1.00 bits per heavy atom. The molecule has 0 aliphatic rings. The minimum atomic E-state index is 0.587. The van der Waals surface area contributed by atoms with Crippen molar-refractivity contribution in [1.82, 2.24) is 4.98 Å². The van der Waals surface area contributed by atoms with Crippen molar-refractivity contribution in [2.24, 2.45) is 0 Å². The van der Waals surface area contributed by atoms with Crippen LogP contribution in [-0.2, 0) is 0 Å². The van der Waals surface area contributed by atoms with Crippen molar-refractivity contribution in [2.75, 3.05) is 18.1 Å². The molecule has 0 bridgehead atoms. The molecule has 3 N–H and O–H groups in total. The molecule has 0 atom stereocenters. The lowest BCUT2D eigenvalue weighted by Crippen LogP contribution is -1.93. The summed E-state index contributed by atoms with van der Waals surface area (Å²) in [5.74, 6) is 1.30. The maximum Gasteiger partial charge on any atom is 0.227 e. The number of ether oxygens (including phenoxy) is 1. The molecule has 0 amide bonds. The van der Waals surface area contributed by atoms with Gasteiger partial charge in [0, 0.05) is 35.4 Å². The van der Waals surface area contributed by atoms with Crippen LogP contribution in [-0.4, -0.2) is 12.0 Å².